The highest BCUT2D eigenvalue weighted by atomic mass is 35.5. The first-order chi connectivity index (χ1) is 16.5. The van der Waals surface area contributed by atoms with Crippen molar-refractivity contribution >= 4 is 22.8 Å². The summed E-state index contributed by atoms with van der Waals surface area (Å²) in [7, 11) is 0. The van der Waals surface area contributed by atoms with Gasteiger partial charge in [-0.1, -0.05) is 11.6 Å². The highest BCUT2D eigenvalue weighted by Crippen LogP contribution is 2.41. The van der Waals surface area contributed by atoms with Crippen LogP contribution in [0.5, 0.6) is 11.6 Å². The first-order valence-electron chi connectivity index (χ1n) is 11.3. The summed E-state index contributed by atoms with van der Waals surface area (Å²) in [6, 6.07) is 9.37. The highest BCUT2D eigenvalue weighted by Gasteiger charge is 2.41. The van der Waals surface area contributed by atoms with Crippen molar-refractivity contribution in [3.05, 3.63) is 59.1 Å². The maximum atomic E-state index is 12.4. The first-order valence-corrected chi connectivity index (χ1v) is 11.6. The van der Waals surface area contributed by atoms with Gasteiger partial charge in [0.15, 0.2) is 11.2 Å². The van der Waals surface area contributed by atoms with Crippen molar-refractivity contribution < 1.29 is 13.9 Å². The quantitative estimate of drug-likeness (QED) is 0.291. The van der Waals surface area contributed by atoms with Gasteiger partial charge in [-0.05, 0) is 62.6 Å². The molecule has 5 rings (SSSR count). The number of imidazole rings is 1. The van der Waals surface area contributed by atoms with Gasteiger partial charge in [-0.25, -0.2) is 9.97 Å². The smallest absolute Gasteiger partial charge is 0.245 e. The minimum absolute atomic E-state index is 0.209. The molecule has 0 N–H and O–H groups in total. The zero-order chi connectivity index (χ0) is 23.7. The lowest BCUT2D eigenvalue weighted by molar-refractivity contribution is 0.194. The van der Waals surface area contributed by atoms with E-state index < -0.39 is 6.67 Å². The minimum atomic E-state index is -0.423. The maximum Gasteiger partial charge on any atom is 0.245 e. The predicted octanol–water partition coefficient (Wildman–Crippen LogP) is 5.57. The third-order valence-corrected chi connectivity index (χ3v) is 6.13. The van der Waals surface area contributed by atoms with E-state index in [0.717, 1.165) is 24.1 Å². The van der Waals surface area contributed by atoms with E-state index in [1.165, 1.54) is 6.33 Å². The van der Waals surface area contributed by atoms with E-state index in [1.54, 1.807) is 12.3 Å². The lowest BCUT2D eigenvalue weighted by atomic mass is 10.2. The van der Waals surface area contributed by atoms with Crippen LogP contribution in [0, 0.1) is 6.92 Å². The van der Waals surface area contributed by atoms with Crippen molar-refractivity contribution in [3.8, 4) is 23.0 Å². The fraction of sp³-hybridized carbons (Fsp3) is 0.360. The van der Waals surface area contributed by atoms with Gasteiger partial charge in [0, 0.05) is 18.2 Å². The van der Waals surface area contributed by atoms with Crippen molar-refractivity contribution in [1.82, 2.24) is 24.5 Å². The molecule has 1 saturated carbocycles. The van der Waals surface area contributed by atoms with Crippen LogP contribution in [-0.2, 0) is 6.54 Å². The second kappa shape index (κ2) is 9.18. The summed E-state index contributed by atoms with van der Waals surface area (Å²) in [4.78, 5) is 18.3. The largest absolute Gasteiger partial charge is 0.493 e. The van der Waals surface area contributed by atoms with Gasteiger partial charge in [-0.15, -0.1) is 0 Å². The van der Waals surface area contributed by atoms with Crippen LogP contribution in [0.2, 0.25) is 5.02 Å². The zero-order valence-electron chi connectivity index (χ0n) is 19.1. The summed E-state index contributed by atoms with van der Waals surface area (Å²) in [5, 5.41) is 0.469. The van der Waals surface area contributed by atoms with E-state index in [2.05, 4.69) is 21.9 Å². The molecule has 3 heterocycles. The van der Waals surface area contributed by atoms with Crippen LogP contribution in [-0.4, -0.2) is 43.4 Å². The minimum Gasteiger partial charge on any atom is -0.493 e. The first kappa shape index (κ1) is 22.5. The Morgan fingerprint density at radius 2 is 2.00 bits per heavy atom. The van der Waals surface area contributed by atoms with Gasteiger partial charge in [0.2, 0.25) is 5.88 Å². The molecule has 3 aromatic heterocycles. The van der Waals surface area contributed by atoms with E-state index in [9.17, 15) is 4.39 Å². The monoisotopic (exact) mass is 481 g/mol. The van der Waals surface area contributed by atoms with E-state index >= 15 is 0 Å². The van der Waals surface area contributed by atoms with Crippen LogP contribution >= 0.6 is 11.6 Å². The number of fused-ring (bicyclic) bond motifs is 1. The lowest BCUT2D eigenvalue weighted by Gasteiger charge is -2.12. The number of benzene rings is 1. The summed E-state index contributed by atoms with van der Waals surface area (Å²) < 4.78 is 26.2. The second-order valence-corrected chi connectivity index (χ2v) is 9.19. The van der Waals surface area contributed by atoms with Crippen LogP contribution in [0.25, 0.3) is 22.6 Å². The molecule has 176 valence electrons. The molecule has 1 aromatic carbocycles. The summed E-state index contributed by atoms with van der Waals surface area (Å²) in [5.74, 6) is 1.67. The van der Waals surface area contributed by atoms with Crippen LogP contribution in [0.3, 0.4) is 0 Å². The number of nitrogens with zero attached hydrogens (tertiary/aromatic N) is 5. The van der Waals surface area contributed by atoms with Crippen molar-refractivity contribution in [3.63, 3.8) is 0 Å². The van der Waals surface area contributed by atoms with Crippen molar-refractivity contribution in [2.45, 2.75) is 45.3 Å². The SMILES string of the molecule is Cc1ccnc(Cn2c(-c3ccc(OCCCF)cc3Cl)nc3c(OC4(C)CC4)ncnc32)c1. The van der Waals surface area contributed by atoms with E-state index in [4.69, 9.17) is 26.1 Å². The van der Waals surface area contributed by atoms with E-state index in [-0.39, 0.29) is 5.60 Å². The molecule has 9 heteroatoms. The Hall–Kier alpha value is -3.26. The number of ether oxygens (including phenoxy) is 2. The average Bonchev–Trinajstić information content (AvgIpc) is 3.43. The molecule has 4 aromatic rings. The number of pyridine rings is 1. The predicted molar refractivity (Wildman–Crippen MR) is 128 cm³/mol. The fourth-order valence-electron chi connectivity index (χ4n) is 3.72. The topological polar surface area (TPSA) is 75.0 Å². The Bertz CT molecular complexity index is 1340. The van der Waals surface area contributed by atoms with Crippen molar-refractivity contribution in [2.24, 2.45) is 0 Å². The van der Waals surface area contributed by atoms with Crippen LogP contribution in [0.1, 0.15) is 37.4 Å². The standard InChI is InChI=1S/C25H25ClFN5O2/c1-16-6-10-28-17(12-16)14-32-22(19-5-4-18(13-20(19)26)33-11-3-9-27)31-21-23(32)29-15-30-24(21)34-25(2)7-8-25/h4-6,10,12-13,15H,3,7-9,11,14H2,1-2H3. The second-order valence-electron chi connectivity index (χ2n) is 8.78. The number of alkyl halides is 1. The number of hydrogen-bond donors (Lipinski definition) is 0. The molecule has 0 bridgehead atoms. The molecule has 1 aliphatic carbocycles. The highest BCUT2D eigenvalue weighted by molar-refractivity contribution is 6.33. The third-order valence-electron chi connectivity index (χ3n) is 5.82. The molecule has 0 saturated heterocycles. The molecule has 0 aliphatic heterocycles. The average molecular weight is 482 g/mol. The molecule has 0 spiro atoms. The van der Waals surface area contributed by atoms with Gasteiger partial charge >= 0.3 is 0 Å². The molecule has 0 atom stereocenters. The van der Waals surface area contributed by atoms with E-state index in [1.807, 2.05) is 35.8 Å². The Kier molecular flexibility index (Phi) is 6.08. The van der Waals surface area contributed by atoms with Crippen molar-refractivity contribution in [1.29, 1.82) is 0 Å². The summed E-state index contributed by atoms with van der Waals surface area (Å²) in [5.41, 5.74) is 3.72. The third kappa shape index (κ3) is 4.68. The molecule has 1 fully saturated rings. The van der Waals surface area contributed by atoms with Gasteiger partial charge in [0.1, 0.15) is 23.5 Å². The van der Waals surface area contributed by atoms with Gasteiger partial charge in [0.05, 0.1) is 30.5 Å². The number of rotatable bonds is 9. The van der Waals surface area contributed by atoms with Crippen LogP contribution in [0.4, 0.5) is 4.39 Å². The number of aryl methyl sites for hydroxylation is 1. The number of hydrogen-bond acceptors (Lipinski definition) is 6. The summed E-state index contributed by atoms with van der Waals surface area (Å²) in [6.45, 7) is 4.41. The molecule has 0 unspecified atom stereocenters. The number of aromatic nitrogens is 5. The Morgan fingerprint density at radius 1 is 1.15 bits per heavy atom. The van der Waals surface area contributed by atoms with Gasteiger partial charge < -0.3 is 14.0 Å². The van der Waals surface area contributed by atoms with Crippen molar-refractivity contribution in [2.75, 3.05) is 13.3 Å². The molecular formula is C25H25ClFN5O2. The Morgan fingerprint density at radius 3 is 2.74 bits per heavy atom. The maximum absolute atomic E-state index is 12.4. The van der Waals surface area contributed by atoms with Gasteiger partial charge in [-0.2, -0.15) is 4.98 Å². The molecule has 0 radical (unpaired) electrons. The van der Waals surface area contributed by atoms with Crippen LogP contribution in [0.15, 0.2) is 42.9 Å². The Balaban J connectivity index is 1.60. The molecule has 7 nitrogen and oxygen atoms in total. The normalized spacial score (nSPS) is 14.4. The summed E-state index contributed by atoms with van der Waals surface area (Å²) >= 11 is 6.67. The summed E-state index contributed by atoms with van der Waals surface area (Å²) in [6.07, 6.45) is 5.58. The molecule has 0 amide bonds. The fourth-order valence-corrected chi connectivity index (χ4v) is 3.97. The van der Waals surface area contributed by atoms with Gasteiger partial charge in [0.25, 0.3) is 0 Å². The Labute approximate surface area is 201 Å². The van der Waals surface area contributed by atoms with Crippen LogP contribution < -0.4 is 9.47 Å². The molecular weight excluding hydrogens is 457 g/mol. The molecule has 34 heavy (non-hydrogen) atoms. The van der Waals surface area contributed by atoms with E-state index in [0.29, 0.717) is 58.8 Å². The van der Waals surface area contributed by atoms with Gasteiger partial charge in [-0.3, -0.25) is 9.37 Å². The lowest BCUT2D eigenvalue weighted by Crippen LogP contribution is -2.13. The zero-order valence-corrected chi connectivity index (χ0v) is 19.8. The number of halogens is 2. The molecule has 1 aliphatic rings.